The topological polar surface area (TPSA) is 29.3 Å². The van der Waals surface area contributed by atoms with Crippen molar-refractivity contribution in [3.05, 3.63) is 29.3 Å². The summed E-state index contributed by atoms with van der Waals surface area (Å²) in [4.78, 5) is 1.81. The van der Waals surface area contributed by atoms with E-state index < -0.39 is 11.7 Å². The fourth-order valence-corrected chi connectivity index (χ4v) is 1.86. The van der Waals surface area contributed by atoms with Gasteiger partial charge in [0.05, 0.1) is 5.56 Å². The molecule has 0 unspecified atom stereocenters. The van der Waals surface area contributed by atoms with Gasteiger partial charge in [0.25, 0.3) is 0 Å². The molecule has 0 amide bonds. The zero-order valence-electron chi connectivity index (χ0n) is 10.2. The molecule has 0 aliphatic rings. The van der Waals surface area contributed by atoms with Crippen molar-refractivity contribution in [2.45, 2.75) is 19.5 Å². The Balaban J connectivity index is 3.25. The van der Waals surface area contributed by atoms with Crippen molar-refractivity contribution < 1.29 is 13.2 Å². The maximum absolute atomic E-state index is 12.6. The van der Waals surface area contributed by atoms with Gasteiger partial charge >= 0.3 is 6.18 Å². The first-order chi connectivity index (χ1) is 8.27. The van der Waals surface area contributed by atoms with Gasteiger partial charge in [-0.2, -0.15) is 13.2 Å². The van der Waals surface area contributed by atoms with Crippen LogP contribution in [0.15, 0.2) is 18.2 Å². The summed E-state index contributed by atoms with van der Waals surface area (Å²) in [5.74, 6) is 0. The van der Waals surface area contributed by atoms with Crippen LogP contribution in [0.2, 0.25) is 0 Å². The molecule has 0 saturated carbocycles. The molecule has 100 valence electrons. The van der Waals surface area contributed by atoms with Crippen molar-refractivity contribution in [3.63, 3.8) is 0 Å². The second kappa shape index (κ2) is 5.56. The summed E-state index contributed by atoms with van der Waals surface area (Å²) in [6, 6.07) is 3.46. The first-order valence-electron chi connectivity index (χ1n) is 5.49. The highest BCUT2D eigenvalue weighted by Crippen LogP contribution is 2.32. The number of rotatable bonds is 4. The van der Waals surface area contributed by atoms with Crippen molar-refractivity contribution in [2.24, 2.45) is 5.73 Å². The van der Waals surface area contributed by atoms with E-state index in [4.69, 9.17) is 18.0 Å². The molecule has 1 aromatic rings. The predicted molar refractivity (Wildman–Crippen MR) is 70.9 cm³/mol. The van der Waals surface area contributed by atoms with Crippen LogP contribution in [0.25, 0.3) is 0 Å². The van der Waals surface area contributed by atoms with Crippen LogP contribution in [0.3, 0.4) is 0 Å². The zero-order valence-corrected chi connectivity index (χ0v) is 11.0. The van der Waals surface area contributed by atoms with Crippen LogP contribution in [0.4, 0.5) is 18.9 Å². The van der Waals surface area contributed by atoms with Crippen LogP contribution < -0.4 is 10.6 Å². The van der Waals surface area contributed by atoms with Gasteiger partial charge in [0, 0.05) is 24.8 Å². The maximum atomic E-state index is 12.6. The number of anilines is 1. The summed E-state index contributed by atoms with van der Waals surface area (Å²) < 4.78 is 37.8. The molecule has 0 aliphatic carbocycles. The lowest BCUT2D eigenvalue weighted by molar-refractivity contribution is -0.137. The molecule has 0 atom stereocenters. The van der Waals surface area contributed by atoms with E-state index in [-0.39, 0.29) is 10.6 Å². The monoisotopic (exact) mass is 276 g/mol. The van der Waals surface area contributed by atoms with Gasteiger partial charge in [0.15, 0.2) is 0 Å². The first-order valence-corrected chi connectivity index (χ1v) is 5.90. The van der Waals surface area contributed by atoms with Crippen LogP contribution in [0, 0.1) is 0 Å². The molecular formula is C12H15F3N2S. The zero-order chi connectivity index (χ0) is 13.9. The largest absolute Gasteiger partial charge is 0.416 e. The van der Waals surface area contributed by atoms with E-state index in [0.717, 1.165) is 25.1 Å². The number of benzene rings is 1. The number of nitrogens with zero attached hydrogens (tertiary/aromatic N) is 1. The molecule has 0 fully saturated rings. The number of hydrogen-bond donors (Lipinski definition) is 1. The van der Waals surface area contributed by atoms with E-state index in [9.17, 15) is 13.2 Å². The molecule has 18 heavy (non-hydrogen) atoms. The number of nitrogens with two attached hydrogens (primary N) is 1. The SMILES string of the molecule is CCCN(C)c1ccc(C(F)(F)F)cc1C(N)=S. The number of alkyl halides is 3. The summed E-state index contributed by atoms with van der Waals surface area (Å²) in [5, 5.41) is 0. The molecule has 1 rings (SSSR count). The van der Waals surface area contributed by atoms with Gasteiger partial charge in [-0.25, -0.2) is 0 Å². The van der Waals surface area contributed by atoms with Crippen LogP contribution in [-0.4, -0.2) is 18.6 Å². The van der Waals surface area contributed by atoms with Crippen LogP contribution in [-0.2, 0) is 6.18 Å². The molecule has 1 aromatic carbocycles. The van der Waals surface area contributed by atoms with Gasteiger partial charge in [0.2, 0.25) is 0 Å². The molecular weight excluding hydrogens is 261 g/mol. The minimum atomic E-state index is -4.39. The molecule has 0 bridgehead atoms. The second-order valence-electron chi connectivity index (χ2n) is 4.02. The molecule has 0 saturated heterocycles. The summed E-state index contributed by atoms with van der Waals surface area (Å²) >= 11 is 4.82. The first kappa shape index (κ1) is 14.8. The molecule has 2 nitrogen and oxygen atoms in total. The van der Waals surface area contributed by atoms with E-state index in [1.165, 1.54) is 6.07 Å². The molecule has 0 aliphatic heterocycles. The van der Waals surface area contributed by atoms with Gasteiger partial charge < -0.3 is 10.6 Å². The molecule has 0 spiro atoms. The third-order valence-corrected chi connectivity index (χ3v) is 2.78. The summed E-state index contributed by atoms with van der Waals surface area (Å²) in [5.41, 5.74) is 5.64. The maximum Gasteiger partial charge on any atom is 0.416 e. The van der Waals surface area contributed by atoms with E-state index in [1.54, 1.807) is 7.05 Å². The van der Waals surface area contributed by atoms with Gasteiger partial charge in [-0.05, 0) is 24.6 Å². The fourth-order valence-electron chi connectivity index (χ4n) is 1.70. The molecule has 0 aromatic heterocycles. The van der Waals surface area contributed by atoms with Crippen LogP contribution in [0.1, 0.15) is 24.5 Å². The Kier molecular flexibility index (Phi) is 4.56. The van der Waals surface area contributed by atoms with E-state index in [0.29, 0.717) is 5.69 Å². The van der Waals surface area contributed by atoms with Crippen molar-refractivity contribution in [3.8, 4) is 0 Å². The fraction of sp³-hybridized carbons (Fsp3) is 0.417. The molecule has 0 radical (unpaired) electrons. The Morgan fingerprint density at radius 1 is 1.39 bits per heavy atom. The Bertz CT molecular complexity index is 443. The van der Waals surface area contributed by atoms with Crippen molar-refractivity contribution >= 4 is 22.9 Å². The summed E-state index contributed by atoms with van der Waals surface area (Å²) in [7, 11) is 1.80. The van der Waals surface area contributed by atoms with Crippen LogP contribution >= 0.6 is 12.2 Å². The van der Waals surface area contributed by atoms with Gasteiger partial charge in [-0.1, -0.05) is 19.1 Å². The van der Waals surface area contributed by atoms with Crippen LogP contribution in [0.5, 0.6) is 0 Å². The van der Waals surface area contributed by atoms with E-state index >= 15 is 0 Å². The average molecular weight is 276 g/mol. The molecule has 6 heteroatoms. The average Bonchev–Trinajstić information content (AvgIpc) is 2.27. The lowest BCUT2D eigenvalue weighted by Gasteiger charge is -2.22. The third-order valence-electron chi connectivity index (χ3n) is 2.56. The minimum Gasteiger partial charge on any atom is -0.389 e. The van der Waals surface area contributed by atoms with Crippen molar-refractivity contribution in [2.75, 3.05) is 18.5 Å². The minimum absolute atomic E-state index is 0.0287. The normalized spacial score (nSPS) is 11.4. The highest BCUT2D eigenvalue weighted by Gasteiger charge is 2.31. The quantitative estimate of drug-likeness (QED) is 0.856. The highest BCUT2D eigenvalue weighted by molar-refractivity contribution is 7.80. The van der Waals surface area contributed by atoms with Gasteiger partial charge in [0.1, 0.15) is 4.99 Å². The van der Waals surface area contributed by atoms with Gasteiger partial charge in [-0.15, -0.1) is 0 Å². The number of halogens is 3. The standard InChI is InChI=1S/C12H15F3N2S/c1-3-6-17(2)10-5-4-8(12(13,14)15)7-9(10)11(16)18/h4-5,7H,3,6H2,1-2H3,(H2,16,18). The third kappa shape index (κ3) is 3.35. The lowest BCUT2D eigenvalue weighted by Crippen LogP contribution is -2.23. The van der Waals surface area contributed by atoms with E-state index in [2.05, 4.69) is 0 Å². The lowest BCUT2D eigenvalue weighted by atomic mass is 10.1. The number of thiocarbonyl (C=S) groups is 1. The Labute approximate surface area is 110 Å². The Morgan fingerprint density at radius 2 is 2.00 bits per heavy atom. The number of hydrogen-bond acceptors (Lipinski definition) is 2. The van der Waals surface area contributed by atoms with Crippen molar-refractivity contribution in [1.82, 2.24) is 0 Å². The molecule has 0 heterocycles. The highest BCUT2D eigenvalue weighted by atomic mass is 32.1. The summed E-state index contributed by atoms with van der Waals surface area (Å²) in [6.45, 7) is 2.71. The van der Waals surface area contributed by atoms with E-state index in [1.807, 2.05) is 11.8 Å². The Morgan fingerprint density at radius 3 is 2.44 bits per heavy atom. The molecule has 2 N–H and O–H groups in total. The second-order valence-corrected chi connectivity index (χ2v) is 4.46. The van der Waals surface area contributed by atoms with Crippen molar-refractivity contribution in [1.29, 1.82) is 0 Å². The Hall–Kier alpha value is -1.30. The summed E-state index contributed by atoms with van der Waals surface area (Å²) in [6.07, 6.45) is -3.50. The predicted octanol–water partition coefficient (Wildman–Crippen LogP) is 3.19. The van der Waals surface area contributed by atoms with Gasteiger partial charge in [-0.3, -0.25) is 0 Å². The smallest absolute Gasteiger partial charge is 0.389 e.